The van der Waals surface area contributed by atoms with Crippen LogP contribution in [0.3, 0.4) is 0 Å². The number of rotatable bonds is 5. The summed E-state index contributed by atoms with van der Waals surface area (Å²) in [5.74, 6) is -0.0527. The van der Waals surface area contributed by atoms with Crippen molar-refractivity contribution >= 4 is 39.6 Å². The highest BCUT2D eigenvalue weighted by Gasteiger charge is 2.09. The third-order valence-electron chi connectivity index (χ3n) is 7.15. The summed E-state index contributed by atoms with van der Waals surface area (Å²) in [5, 5.41) is 13.6. The number of nitrogens with zero attached hydrogens (tertiary/aromatic N) is 4. The monoisotopic (exact) mass is 552 g/mol. The number of aliphatic imine (C=N–C) groups is 1. The Morgan fingerprint density at radius 2 is 1.45 bits per heavy atom. The van der Waals surface area contributed by atoms with Gasteiger partial charge in [0, 0.05) is 73.8 Å². The maximum absolute atomic E-state index is 10.7. The number of aryl methyl sites for hydroxylation is 2. The van der Waals surface area contributed by atoms with E-state index >= 15 is 0 Å². The van der Waals surface area contributed by atoms with Gasteiger partial charge in [-0.25, -0.2) is 15.0 Å². The molecule has 6 rings (SSSR count). The third kappa shape index (κ3) is 5.82. The predicted molar refractivity (Wildman–Crippen MR) is 167 cm³/mol. The molecule has 4 aromatic carbocycles. The number of fused-ring (bicyclic) bond motifs is 1. The Morgan fingerprint density at radius 3 is 2.17 bits per heavy atom. The number of aromatic nitrogens is 2. The minimum atomic E-state index is -0.0527. The summed E-state index contributed by atoms with van der Waals surface area (Å²) in [5.41, 5.74) is 11.3. The van der Waals surface area contributed by atoms with Gasteiger partial charge in [-0.3, -0.25) is 0 Å². The van der Waals surface area contributed by atoms with Crippen molar-refractivity contribution in [3.63, 3.8) is 0 Å². The number of benzene rings is 4. The van der Waals surface area contributed by atoms with Gasteiger partial charge < -0.3 is 20.0 Å². The molecule has 42 heavy (non-hydrogen) atoms. The average molecular weight is 553 g/mol. The topological polar surface area (TPSA) is 96.4 Å². The van der Waals surface area contributed by atoms with Gasteiger partial charge in [0.2, 0.25) is 16.9 Å². The molecule has 0 bridgehead atoms. The van der Waals surface area contributed by atoms with Crippen LogP contribution in [0.2, 0.25) is 0 Å². The van der Waals surface area contributed by atoms with Crippen molar-refractivity contribution in [1.82, 2.24) is 9.13 Å². The summed E-state index contributed by atoms with van der Waals surface area (Å²) in [6.07, 6.45) is 3.97. The van der Waals surface area contributed by atoms with Crippen LogP contribution in [0.5, 0.6) is 0 Å². The van der Waals surface area contributed by atoms with E-state index in [1.807, 2.05) is 109 Å². The van der Waals surface area contributed by atoms with Gasteiger partial charge in [-0.2, -0.15) is 0 Å². The lowest BCUT2D eigenvalue weighted by atomic mass is 10.1. The molecule has 0 spiro atoms. The van der Waals surface area contributed by atoms with E-state index in [-0.39, 0.29) is 5.90 Å². The lowest BCUT2D eigenvalue weighted by molar-refractivity contribution is -0.402. The molecule has 0 atom stereocenters. The first-order valence-corrected chi connectivity index (χ1v) is 13.7. The van der Waals surface area contributed by atoms with Crippen molar-refractivity contribution in [3.8, 4) is 11.3 Å². The van der Waals surface area contributed by atoms with Crippen molar-refractivity contribution in [1.29, 1.82) is 0 Å². The normalized spacial score (nSPS) is 12.1. The molecule has 0 saturated heterocycles. The fourth-order valence-electron chi connectivity index (χ4n) is 4.87. The molecule has 2 aromatic heterocycles. The standard InChI is InChI=1S/C35H30N6O/c1-40-20-18-30(19-21-40)37-27-13-15-29(16-14-27)39-35(42)25-8-11-28(12-9-25)38-32-23-34(24-6-4-3-5-7-24)41(2)33-17-10-26(36)22-31(32)33/h3-23H,36H2,1-2H3,(H,39,42)/p+2. The second kappa shape index (κ2) is 11.5. The van der Waals surface area contributed by atoms with Crippen molar-refractivity contribution in [3.05, 3.63) is 144 Å². The molecule has 0 aliphatic rings. The van der Waals surface area contributed by atoms with Crippen LogP contribution in [0, 0.1) is 0 Å². The van der Waals surface area contributed by atoms with Crippen molar-refractivity contribution < 1.29 is 15.8 Å². The average Bonchev–Trinajstić information content (AvgIpc) is 3.01. The van der Waals surface area contributed by atoms with Crippen molar-refractivity contribution in [2.24, 2.45) is 24.1 Å². The Morgan fingerprint density at radius 1 is 0.762 bits per heavy atom. The van der Waals surface area contributed by atoms with Crippen molar-refractivity contribution in [2.45, 2.75) is 0 Å². The SMILES string of the molecule is Cn1ccc(=[NH+]c2ccc(N=C(O)c3ccc(N=c4cc(-c5ccccc5)n(C)c5ccc([NH3+])cc45)cc3)cc2)cc1. The highest BCUT2D eigenvalue weighted by Crippen LogP contribution is 2.23. The maximum Gasteiger partial charge on any atom is 0.218 e. The number of quaternary nitrogens is 1. The summed E-state index contributed by atoms with van der Waals surface area (Å²) in [4.78, 5) is 12.8. The fraction of sp³-hybridized carbons (Fsp3) is 0.0571. The summed E-state index contributed by atoms with van der Waals surface area (Å²) in [7, 11) is 4.05. The fourth-order valence-corrected chi connectivity index (χ4v) is 4.87. The smallest absolute Gasteiger partial charge is 0.218 e. The first kappa shape index (κ1) is 26.7. The van der Waals surface area contributed by atoms with E-state index in [9.17, 15) is 5.11 Å². The van der Waals surface area contributed by atoms with E-state index < -0.39 is 0 Å². The number of aliphatic hydroxyl groups is 1. The molecule has 5 N–H and O–H groups in total. The van der Waals surface area contributed by atoms with Crippen LogP contribution in [0.25, 0.3) is 22.2 Å². The zero-order valence-corrected chi connectivity index (χ0v) is 23.6. The Hall–Kier alpha value is -5.53. The van der Waals surface area contributed by atoms with E-state index in [1.165, 1.54) is 0 Å². The number of hydrogen-bond acceptors (Lipinski definition) is 2. The molecule has 7 heteroatoms. The van der Waals surface area contributed by atoms with Gasteiger partial charge in [0.1, 0.15) is 5.69 Å². The number of nitrogens with one attached hydrogen (secondary N) is 1. The van der Waals surface area contributed by atoms with Gasteiger partial charge in [-0.1, -0.05) is 30.3 Å². The van der Waals surface area contributed by atoms with E-state index in [2.05, 4.69) is 57.7 Å². The molecule has 0 saturated carbocycles. The molecule has 0 amide bonds. The van der Waals surface area contributed by atoms with E-state index in [0.29, 0.717) is 11.3 Å². The summed E-state index contributed by atoms with van der Waals surface area (Å²) < 4.78 is 4.17. The highest BCUT2D eigenvalue weighted by atomic mass is 16.3. The Labute approximate surface area is 243 Å². The van der Waals surface area contributed by atoms with Crippen LogP contribution in [0.1, 0.15) is 5.56 Å². The zero-order chi connectivity index (χ0) is 29.1. The molecule has 0 unspecified atom stereocenters. The van der Waals surface area contributed by atoms with Crippen LogP contribution < -0.4 is 21.4 Å². The largest absolute Gasteiger partial charge is 0.493 e. The summed E-state index contributed by atoms with van der Waals surface area (Å²) >= 11 is 0. The number of aliphatic hydroxyl groups excluding tert-OH is 1. The molecule has 6 aromatic rings. The molecular formula is C35H32N6O+2. The summed E-state index contributed by atoms with van der Waals surface area (Å²) in [6.45, 7) is 0. The highest BCUT2D eigenvalue weighted by molar-refractivity contribution is 5.94. The molecule has 7 nitrogen and oxygen atoms in total. The molecule has 0 fully saturated rings. The quantitative estimate of drug-likeness (QED) is 0.217. The predicted octanol–water partition coefficient (Wildman–Crippen LogP) is 4.24. The Bertz CT molecular complexity index is 2030. The van der Waals surface area contributed by atoms with E-state index in [0.717, 1.165) is 49.9 Å². The van der Waals surface area contributed by atoms with Gasteiger partial charge in [0.25, 0.3) is 0 Å². The van der Waals surface area contributed by atoms with E-state index in [4.69, 9.17) is 4.99 Å². The lowest BCUT2D eigenvalue weighted by Crippen LogP contribution is -2.70. The van der Waals surface area contributed by atoms with Crippen LogP contribution in [-0.2, 0) is 14.1 Å². The first-order valence-electron chi connectivity index (χ1n) is 13.7. The lowest BCUT2D eigenvalue weighted by Gasteiger charge is -2.14. The molecule has 0 aliphatic carbocycles. The molecule has 0 aliphatic heterocycles. The maximum atomic E-state index is 10.7. The Kier molecular flexibility index (Phi) is 7.32. The molecule has 206 valence electrons. The third-order valence-corrected chi connectivity index (χ3v) is 7.15. The van der Waals surface area contributed by atoms with Crippen LogP contribution in [0.4, 0.5) is 22.7 Å². The molecule has 0 radical (unpaired) electrons. The first-order chi connectivity index (χ1) is 20.4. The zero-order valence-electron chi connectivity index (χ0n) is 23.6. The van der Waals surface area contributed by atoms with Crippen molar-refractivity contribution in [2.75, 3.05) is 0 Å². The van der Waals surface area contributed by atoms with Crippen LogP contribution in [0.15, 0.2) is 138 Å². The van der Waals surface area contributed by atoms with Gasteiger partial charge in [0.15, 0.2) is 0 Å². The minimum Gasteiger partial charge on any atom is -0.493 e. The van der Waals surface area contributed by atoms with Gasteiger partial charge in [-0.05, 0) is 54.1 Å². The molecular weight excluding hydrogens is 520 g/mol. The van der Waals surface area contributed by atoms with Gasteiger partial charge in [-0.15, -0.1) is 0 Å². The van der Waals surface area contributed by atoms with Crippen LogP contribution >= 0.6 is 0 Å². The number of hydrogen-bond donors (Lipinski definition) is 3. The molecule has 2 heterocycles. The second-order valence-electron chi connectivity index (χ2n) is 10.2. The van der Waals surface area contributed by atoms with E-state index in [1.54, 1.807) is 0 Å². The summed E-state index contributed by atoms with van der Waals surface area (Å²) in [6, 6.07) is 37.7. The number of pyridine rings is 2. The minimum absolute atomic E-state index is 0.0527. The van der Waals surface area contributed by atoms with Crippen LogP contribution in [-0.4, -0.2) is 20.1 Å². The van der Waals surface area contributed by atoms with Gasteiger partial charge in [0.05, 0.1) is 27.9 Å². The Balaban J connectivity index is 1.30. The van der Waals surface area contributed by atoms with Gasteiger partial charge >= 0.3 is 0 Å². The second-order valence-corrected chi connectivity index (χ2v) is 10.2.